The molecule has 0 unspecified atom stereocenters. The van der Waals surface area contributed by atoms with Gasteiger partial charge in [0.15, 0.2) is 0 Å². The molecule has 1 amide bonds. The van der Waals surface area contributed by atoms with Crippen LogP contribution in [0.4, 0.5) is 4.39 Å². The Hall–Kier alpha value is -1.55. The Balaban J connectivity index is 2.59. The van der Waals surface area contributed by atoms with Gasteiger partial charge in [-0.3, -0.25) is 4.79 Å². The van der Waals surface area contributed by atoms with Crippen LogP contribution in [0.5, 0.6) is 0 Å². The number of aromatic nitrogens is 1. The molecule has 0 aliphatic rings. The lowest BCUT2D eigenvalue weighted by atomic mass is 10.1. The Labute approximate surface area is 90.0 Å². The van der Waals surface area contributed by atoms with Gasteiger partial charge in [0, 0.05) is 17.1 Å². The average Bonchev–Trinajstić information content (AvgIpc) is 2.48. The molecule has 0 spiro atoms. The molecule has 3 N–H and O–H groups in total. The number of nitrogens with two attached hydrogens (primary N) is 1. The van der Waals surface area contributed by atoms with E-state index in [0.29, 0.717) is 15.9 Å². The number of rotatable bonds is 2. The predicted octanol–water partition coefficient (Wildman–Crippen LogP) is 1.99. The maximum atomic E-state index is 13.4. The smallest absolute Gasteiger partial charge is 0.221 e. The van der Waals surface area contributed by atoms with Crippen molar-refractivity contribution in [1.82, 2.24) is 4.98 Å². The first-order valence-electron chi connectivity index (χ1n) is 4.31. The Morgan fingerprint density at radius 2 is 2.27 bits per heavy atom. The molecule has 0 aliphatic carbocycles. The number of carbonyl (C=O) groups excluding carboxylic acids is 1. The van der Waals surface area contributed by atoms with E-state index in [9.17, 15) is 9.18 Å². The van der Waals surface area contributed by atoms with E-state index in [1.807, 2.05) is 0 Å². The molecule has 1 heterocycles. The first-order valence-corrected chi connectivity index (χ1v) is 4.69. The van der Waals surface area contributed by atoms with E-state index in [1.165, 1.54) is 12.1 Å². The standard InChI is InChI=1S/C10H8ClFN2O/c11-7-4-14-9-3-8(12)5(1-6(7)9)2-10(13)15/h1,3-4,14H,2H2,(H2,13,15). The second-order valence-electron chi connectivity index (χ2n) is 3.27. The van der Waals surface area contributed by atoms with Crippen molar-refractivity contribution < 1.29 is 9.18 Å². The lowest BCUT2D eigenvalue weighted by molar-refractivity contribution is -0.117. The molecule has 1 aromatic heterocycles. The molecule has 0 saturated carbocycles. The van der Waals surface area contributed by atoms with Gasteiger partial charge in [0.25, 0.3) is 0 Å². The molecule has 2 rings (SSSR count). The zero-order chi connectivity index (χ0) is 11.0. The number of hydrogen-bond donors (Lipinski definition) is 2. The van der Waals surface area contributed by atoms with Gasteiger partial charge in [0.05, 0.1) is 11.4 Å². The number of carbonyl (C=O) groups is 1. The SMILES string of the molecule is NC(=O)Cc1cc2c(Cl)c[nH]c2cc1F. The van der Waals surface area contributed by atoms with Crippen LogP contribution in [0.3, 0.4) is 0 Å². The number of H-pyrrole nitrogens is 1. The third-order valence-corrected chi connectivity index (χ3v) is 2.48. The fraction of sp³-hybridized carbons (Fsp3) is 0.100. The summed E-state index contributed by atoms with van der Waals surface area (Å²) in [5.74, 6) is -1.03. The number of halogens is 2. The minimum atomic E-state index is -0.570. The van der Waals surface area contributed by atoms with Crippen molar-refractivity contribution in [3.05, 3.63) is 34.7 Å². The summed E-state index contributed by atoms with van der Waals surface area (Å²) in [5, 5.41) is 1.19. The van der Waals surface area contributed by atoms with Gasteiger partial charge in [-0.2, -0.15) is 0 Å². The summed E-state index contributed by atoms with van der Waals surface area (Å²) in [6.07, 6.45) is 1.45. The third kappa shape index (κ3) is 1.80. The predicted molar refractivity (Wildman–Crippen MR) is 56.2 cm³/mol. The highest BCUT2D eigenvalue weighted by Gasteiger charge is 2.10. The quantitative estimate of drug-likeness (QED) is 0.808. The molecule has 78 valence electrons. The van der Waals surface area contributed by atoms with E-state index in [-0.39, 0.29) is 12.0 Å². The van der Waals surface area contributed by atoms with Crippen molar-refractivity contribution in [2.75, 3.05) is 0 Å². The van der Waals surface area contributed by atoms with E-state index in [4.69, 9.17) is 17.3 Å². The van der Waals surface area contributed by atoms with Gasteiger partial charge in [-0.05, 0) is 17.7 Å². The Bertz CT molecular complexity index is 535. The third-order valence-electron chi connectivity index (χ3n) is 2.16. The van der Waals surface area contributed by atoms with Gasteiger partial charge < -0.3 is 10.7 Å². The highest BCUT2D eigenvalue weighted by Crippen LogP contribution is 2.25. The van der Waals surface area contributed by atoms with Crippen LogP contribution in [-0.4, -0.2) is 10.9 Å². The first kappa shape index (κ1) is 9.98. The first-order chi connectivity index (χ1) is 7.08. The molecule has 2 aromatic rings. The second-order valence-corrected chi connectivity index (χ2v) is 3.68. The van der Waals surface area contributed by atoms with Crippen molar-refractivity contribution >= 4 is 28.4 Å². The monoisotopic (exact) mass is 226 g/mol. The number of hydrogen-bond acceptors (Lipinski definition) is 1. The summed E-state index contributed by atoms with van der Waals surface area (Å²) in [6, 6.07) is 2.84. The lowest BCUT2D eigenvalue weighted by Crippen LogP contribution is -2.14. The maximum absolute atomic E-state index is 13.4. The molecule has 0 bridgehead atoms. The number of nitrogens with one attached hydrogen (secondary N) is 1. The molecule has 0 aliphatic heterocycles. The van der Waals surface area contributed by atoms with Gasteiger partial charge in [-0.1, -0.05) is 11.6 Å². The Kier molecular flexibility index (Phi) is 2.36. The van der Waals surface area contributed by atoms with Crippen LogP contribution in [0.2, 0.25) is 5.02 Å². The summed E-state index contributed by atoms with van der Waals surface area (Å²) < 4.78 is 13.4. The van der Waals surface area contributed by atoms with Crippen LogP contribution in [0.25, 0.3) is 10.9 Å². The van der Waals surface area contributed by atoms with Crippen LogP contribution in [0.1, 0.15) is 5.56 Å². The largest absolute Gasteiger partial charge is 0.369 e. The van der Waals surface area contributed by atoms with Crippen molar-refractivity contribution in [2.45, 2.75) is 6.42 Å². The summed E-state index contributed by atoms with van der Waals surface area (Å²) >= 11 is 5.86. The molecule has 5 heteroatoms. The molecular formula is C10H8ClFN2O. The van der Waals surface area contributed by atoms with Crippen LogP contribution >= 0.6 is 11.6 Å². The molecule has 1 aromatic carbocycles. The Morgan fingerprint density at radius 1 is 1.53 bits per heavy atom. The van der Waals surface area contributed by atoms with Gasteiger partial charge in [0.2, 0.25) is 5.91 Å². The fourth-order valence-corrected chi connectivity index (χ4v) is 1.69. The van der Waals surface area contributed by atoms with Crippen LogP contribution in [0.15, 0.2) is 18.3 Å². The number of benzene rings is 1. The molecular weight excluding hydrogens is 219 g/mol. The van der Waals surface area contributed by atoms with E-state index in [2.05, 4.69) is 4.98 Å². The number of amides is 1. The minimum absolute atomic E-state index is 0.122. The number of primary amides is 1. The van der Waals surface area contributed by atoms with Crippen LogP contribution in [-0.2, 0) is 11.2 Å². The average molecular weight is 227 g/mol. The highest BCUT2D eigenvalue weighted by molar-refractivity contribution is 6.35. The van der Waals surface area contributed by atoms with Gasteiger partial charge in [0.1, 0.15) is 5.82 Å². The summed E-state index contributed by atoms with van der Waals surface area (Å²) in [5.41, 5.74) is 5.87. The molecule has 0 atom stereocenters. The molecule has 0 radical (unpaired) electrons. The van der Waals surface area contributed by atoms with Gasteiger partial charge in [-0.25, -0.2) is 4.39 Å². The molecule has 0 saturated heterocycles. The number of aromatic amines is 1. The Morgan fingerprint density at radius 3 is 2.93 bits per heavy atom. The lowest BCUT2D eigenvalue weighted by Gasteiger charge is -2.01. The molecule has 0 fully saturated rings. The highest BCUT2D eigenvalue weighted by atomic mass is 35.5. The van der Waals surface area contributed by atoms with E-state index < -0.39 is 11.7 Å². The summed E-state index contributed by atoms with van der Waals surface area (Å²) in [7, 11) is 0. The fourth-order valence-electron chi connectivity index (χ4n) is 1.48. The zero-order valence-corrected chi connectivity index (χ0v) is 8.44. The van der Waals surface area contributed by atoms with Gasteiger partial charge >= 0.3 is 0 Å². The van der Waals surface area contributed by atoms with Crippen molar-refractivity contribution in [3.8, 4) is 0 Å². The van der Waals surface area contributed by atoms with E-state index >= 15 is 0 Å². The summed E-state index contributed by atoms with van der Waals surface area (Å²) in [6.45, 7) is 0. The van der Waals surface area contributed by atoms with Crippen LogP contribution in [0, 0.1) is 5.82 Å². The van der Waals surface area contributed by atoms with Gasteiger partial charge in [-0.15, -0.1) is 0 Å². The molecule has 15 heavy (non-hydrogen) atoms. The van der Waals surface area contributed by atoms with Crippen molar-refractivity contribution in [1.29, 1.82) is 0 Å². The van der Waals surface area contributed by atoms with Crippen molar-refractivity contribution in [2.24, 2.45) is 5.73 Å². The van der Waals surface area contributed by atoms with Crippen molar-refractivity contribution in [3.63, 3.8) is 0 Å². The van der Waals surface area contributed by atoms with E-state index in [1.54, 1.807) is 6.20 Å². The summed E-state index contributed by atoms with van der Waals surface area (Å²) in [4.78, 5) is 13.5. The molecule has 3 nitrogen and oxygen atoms in total. The van der Waals surface area contributed by atoms with Crippen LogP contribution < -0.4 is 5.73 Å². The maximum Gasteiger partial charge on any atom is 0.221 e. The topological polar surface area (TPSA) is 58.9 Å². The second kappa shape index (κ2) is 3.55. The number of fused-ring (bicyclic) bond motifs is 1. The van der Waals surface area contributed by atoms with E-state index in [0.717, 1.165) is 0 Å². The minimum Gasteiger partial charge on any atom is -0.369 e. The zero-order valence-electron chi connectivity index (χ0n) is 7.68. The normalized spacial score (nSPS) is 10.8.